The molecular weight excluding hydrogens is 172 g/mol. The Morgan fingerprint density at radius 1 is 1.14 bits per heavy atom. The number of hydrogen-bond donors (Lipinski definition) is 1. The van der Waals surface area contributed by atoms with Gasteiger partial charge in [0.05, 0.1) is 0 Å². The van der Waals surface area contributed by atoms with Crippen LogP contribution < -0.4 is 4.90 Å². The van der Waals surface area contributed by atoms with E-state index in [1.807, 2.05) is 12.1 Å². The molecule has 1 aromatic rings. The van der Waals surface area contributed by atoms with Crippen molar-refractivity contribution in [1.82, 2.24) is 0 Å². The van der Waals surface area contributed by atoms with Crippen molar-refractivity contribution < 1.29 is 0 Å². The third kappa shape index (κ3) is 1.95. The number of benzene rings is 1. The molecule has 0 aliphatic carbocycles. The summed E-state index contributed by atoms with van der Waals surface area (Å²) >= 11 is 0. The first-order valence-electron chi connectivity index (χ1n) is 5.25. The highest BCUT2D eigenvalue weighted by Crippen LogP contribution is 2.20. The van der Waals surface area contributed by atoms with Crippen LogP contribution in [0.15, 0.2) is 24.3 Å². The zero-order valence-corrected chi connectivity index (χ0v) is 8.37. The summed E-state index contributed by atoms with van der Waals surface area (Å²) in [6.07, 6.45) is 5.37. The molecule has 0 radical (unpaired) electrons. The van der Waals surface area contributed by atoms with Crippen LogP contribution in [0.3, 0.4) is 0 Å². The highest BCUT2D eigenvalue weighted by molar-refractivity contribution is 5.79. The highest BCUT2D eigenvalue weighted by Gasteiger charge is 2.10. The van der Waals surface area contributed by atoms with E-state index < -0.39 is 0 Å². The molecule has 1 aliphatic rings. The summed E-state index contributed by atoms with van der Waals surface area (Å²) in [7, 11) is 0. The lowest BCUT2D eigenvalue weighted by atomic mass is 10.1. The van der Waals surface area contributed by atoms with E-state index >= 15 is 0 Å². The Kier molecular flexibility index (Phi) is 2.82. The minimum absolute atomic E-state index is 0.994. The van der Waals surface area contributed by atoms with Crippen molar-refractivity contribution in [2.45, 2.75) is 19.3 Å². The van der Waals surface area contributed by atoms with E-state index in [2.05, 4.69) is 17.0 Å². The van der Waals surface area contributed by atoms with E-state index in [9.17, 15) is 0 Å². The quantitative estimate of drug-likeness (QED) is 0.710. The predicted molar refractivity (Wildman–Crippen MR) is 60.4 cm³/mol. The van der Waals surface area contributed by atoms with Crippen LogP contribution in [0.1, 0.15) is 24.8 Å². The van der Waals surface area contributed by atoms with E-state index in [-0.39, 0.29) is 0 Å². The molecule has 1 aliphatic heterocycles. The lowest BCUT2D eigenvalue weighted by Crippen LogP contribution is -2.29. The fourth-order valence-electron chi connectivity index (χ4n) is 1.96. The van der Waals surface area contributed by atoms with Crippen LogP contribution in [0.2, 0.25) is 0 Å². The van der Waals surface area contributed by atoms with Crippen LogP contribution in [0.4, 0.5) is 5.69 Å². The topological polar surface area (TPSA) is 27.1 Å². The Hall–Kier alpha value is -1.31. The van der Waals surface area contributed by atoms with Gasteiger partial charge in [0.25, 0.3) is 0 Å². The summed E-state index contributed by atoms with van der Waals surface area (Å²) in [5.41, 5.74) is 2.26. The van der Waals surface area contributed by atoms with E-state index in [0.717, 1.165) is 5.56 Å². The molecular formula is C12H16N2. The highest BCUT2D eigenvalue weighted by atomic mass is 15.1. The first kappa shape index (κ1) is 9.25. The van der Waals surface area contributed by atoms with Crippen molar-refractivity contribution in [3.63, 3.8) is 0 Å². The number of hydrogen-bond acceptors (Lipinski definition) is 2. The van der Waals surface area contributed by atoms with Crippen molar-refractivity contribution in [2.75, 3.05) is 18.0 Å². The first-order chi connectivity index (χ1) is 6.90. The van der Waals surface area contributed by atoms with Gasteiger partial charge in [-0.05, 0) is 37.0 Å². The molecule has 0 bridgehead atoms. The normalized spacial score (nSPS) is 16.7. The Morgan fingerprint density at radius 3 is 2.64 bits per heavy atom. The minimum Gasteiger partial charge on any atom is -0.372 e. The third-order valence-electron chi connectivity index (χ3n) is 2.76. The number of rotatable bonds is 2. The molecule has 0 amide bonds. The van der Waals surface area contributed by atoms with Gasteiger partial charge in [0.2, 0.25) is 0 Å². The molecule has 1 N–H and O–H groups in total. The Bertz CT molecular complexity index is 314. The second-order valence-corrected chi connectivity index (χ2v) is 3.79. The lowest BCUT2D eigenvalue weighted by molar-refractivity contribution is 0.578. The summed E-state index contributed by atoms with van der Waals surface area (Å²) in [6.45, 7) is 2.34. The molecule has 1 heterocycles. The van der Waals surface area contributed by atoms with Gasteiger partial charge in [0.15, 0.2) is 0 Å². The molecule has 0 aromatic heterocycles. The Morgan fingerprint density at radius 2 is 1.93 bits per heavy atom. The molecule has 1 fully saturated rings. The van der Waals surface area contributed by atoms with Crippen LogP contribution in [-0.2, 0) is 0 Å². The van der Waals surface area contributed by atoms with E-state index in [1.54, 1.807) is 0 Å². The van der Waals surface area contributed by atoms with E-state index in [4.69, 9.17) is 5.41 Å². The zero-order valence-electron chi connectivity index (χ0n) is 8.37. The van der Waals surface area contributed by atoms with Crippen LogP contribution in [0.5, 0.6) is 0 Å². The smallest absolute Gasteiger partial charge is 0.0372 e. The summed E-state index contributed by atoms with van der Waals surface area (Å²) in [4.78, 5) is 2.41. The molecule has 0 unspecified atom stereocenters. The number of piperidine rings is 1. The zero-order chi connectivity index (χ0) is 9.80. The Labute approximate surface area is 85.1 Å². The van der Waals surface area contributed by atoms with Gasteiger partial charge in [-0.1, -0.05) is 12.1 Å². The van der Waals surface area contributed by atoms with Gasteiger partial charge < -0.3 is 10.3 Å². The largest absolute Gasteiger partial charge is 0.372 e. The van der Waals surface area contributed by atoms with E-state index in [0.29, 0.717) is 0 Å². The van der Waals surface area contributed by atoms with Gasteiger partial charge in [0.1, 0.15) is 0 Å². The van der Waals surface area contributed by atoms with Gasteiger partial charge >= 0.3 is 0 Å². The second-order valence-electron chi connectivity index (χ2n) is 3.79. The second kappa shape index (κ2) is 4.27. The summed E-state index contributed by atoms with van der Waals surface area (Å²) in [5, 5.41) is 7.21. The number of nitrogens with zero attached hydrogens (tertiary/aromatic N) is 1. The van der Waals surface area contributed by atoms with Crippen LogP contribution in [-0.4, -0.2) is 19.3 Å². The van der Waals surface area contributed by atoms with Crippen molar-refractivity contribution in [3.8, 4) is 0 Å². The maximum absolute atomic E-state index is 7.21. The van der Waals surface area contributed by atoms with Crippen molar-refractivity contribution >= 4 is 11.9 Å². The summed E-state index contributed by atoms with van der Waals surface area (Å²) in [5.74, 6) is 0. The van der Waals surface area contributed by atoms with Gasteiger partial charge in [-0.2, -0.15) is 0 Å². The maximum Gasteiger partial charge on any atom is 0.0372 e. The van der Waals surface area contributed by atoms with Gasteiger partial charge in [0, 0.05) is 25.0 Å². The van der Waals surface area contributed by atoms with Crippen molar-refractivity contribution in [2.24, 2.45) is 0 Å². The van der Waals surface area contributed by atoms with Gasteiger partial charge in [-0.25, -0.2) is 0 Å². The molecule has 0 saturated carbocycles. The van der Waals surface area contributed by atoms with Gasteiger partial charge in [-0.15, -0.1) is 0 Å². The maximum atomic E-state index is 7.21. The monoisotopic (exact) mass is 188 g/mol. The average molecular weight is 188 g/mol. The Balaban J connectivity index is 2.17. The van der Waals surface area contributed by atoms with Gasteiger partial charge in [-0.3, -0.25) is 0 Å². The average Bonchev–Trinajstić information content (AvgIpc) is 2.30. The SMILES string of the molecule is N=Cc1cccc(N2CCCCC2)c1. The predicted octanol–water partition coefficient (Wildman–Crippen LogP) is 2.67. The van der Waals surface area contributed by atoms with Crippen LogP contribution in [0.25, 0.3) is 0 Å². The van der Waals surface area contributed by atoms with Crippen LogP contribution >= 0.6 is 0 Å². The molecule has 0 atom stereocenters. The fraction of sp³-hybridized carbons (Fsp3) is 0.417. The molecule has 2 rings (SSSR count). The van der Waals surface area contributed by atoms with Crippen molar-refractivity contribution in [1.29, 1.82) is 5.41 Å². The molecule has 2 nitrogen and oxygen atoms in total. The molecule has 0 spiro atoms. The summed E-state index contributed by atoms with van der Waals surface area (Å²) < 4.78 is 0. The molecule has 1 saturated heterocycles. The molecule has 1 aromatic carbocycles. The number of nitrogens with one attached hydrogen (secondary N) is 1. The van der Waals surface area contributed by atoms with Crippen molar-refractivity contribution in [3.05, 3.63) is 29.8 Å². The van der Waals surface area contributed by atoms with E-state index in [1.165, 1.54) is 44.3 Å². The minimum atomic E-state index is 0.994. The third-order valence-corrected chi connectivity index (χ3v) is 2.76. The van der Waals surface area contributed by atoms with Crippen LogP contribution in [0, 0.1) is 5.41 Å². The molecule has 74 valence electrons. The fourth-order valence-corrected chi connectivity index (χ4v) is 1.96. The lowest BCUT2D eigenvalue weighted by Gasteiger charge is -2.28. The standard InChI is InChI=1S/C12H16N2/c13-10-11-5-4-6-12(9-11)14-7-2-1-3-8-14/h4-6,9-10,13H,1-3,7-8H2. The number of anilines is 1. The summed E-state index contributed by atoms with van der Waals surface area (Å²) in [6, 6.07) is 8.24. The first-order valence-corrected chi connectivity index (χ1v) is 5.25. The molecule has 2 heteroatoms. The molecule has 14 heavy (non-hydrogen) atoms.